The minimum atomic E-state index is -2.20. The molecule has 20 heavy (non-hydrogen) atoms. The average molecular weight is 297 g/mol. The fraction of sp³-hybridized carbons (Fsp3) is 0.571. The lowest BCUT2D eigenvalue weighted by atomic mass is 10.3. The second kappa shape index (κ2) is 8.83. The predicted molar refractivity (Wildman–Crippen MR) is 78.6 cm³/mol. The molecule has 0 saturated carbocycles. The van der Waals surface area contributed by atoms with Crippen molar-refractivity contribution in [2.45, 2.75) is 32.9 Å². The van der Waals surface area contributed by atoms with Crippen LogP contribution in [0.4, 0.5) is 0 Å². The van der Waals surface area contributed by atoms with Gasteiger partial charge in [-0.25, -0.2) is 0 Å². The fourth-order valence-corrected chi connectivity index (χ4v) is 3.91. The summed E-state index contributed by atoms with van der Waals surface area (Å²) >= 11 is 0. The first kappa shape index (κ1) is 16.8. The van der Waals surface area contributed by atoms with E-state index in [4.69, 9.17) is 13.6 Å². The van der Waals surface area contributed by atoms with Crippen LogP contribution in [0.1, 0.15) is 19.5 Å². The molecule has 1 rings (SSSR count). The Morgan fingerprint density at radius 2 is 1.95 bits per heavy atom. The molecule has 1 heterocycles. The maximum Gasteiger partial charge on any atom is 0.338 e. The van der Waals surface area contributed by atoms with Crippen LogP contribution in [-0.4, -0.2) is 39.3 Å². The third-order valence-corrected chi connectivity index (χ3v) is 5.68. The highest BCUT2D eigenvalue weighted by molar-refractivity contribution is 6.66. The molecule has 0 saturated heterocycles. The lowest BCUT2D eigenvalue weighted by Gasteiger charge is -2.25. The standard InChI is InChI=1S/C14H23NO4Si/c1-4-18-20(3,19-5-2)11-10-17-14(16)12-13-8-6-7-9-15-13/h6-9H,4-5,10-12H2,1-3H3. The first-order chi connectivity index (χ1) is 9.59. The summed E-state index contributed by atoms with van der Waals surface area (Å²) in [6.45, 7) is 7.44. The molecule has 112 valence electrons. The highest BCUT2D eigenvalue weighted by Crippen LogP contribution is 2.13. The van der Waals surface area contributed by atoms with Crippen LogP contribution in [0.3, 0.4) is 0 Å². The zero-order chi connectivity index (χ0) is 14.8. The Balaban J connectivity index is 2.33. The van der Waals surface area contributed by atoms with Gasteiger partial charge in [0.1, 0.15) is 0 Å². The van der Waals surface area contributed by atoms with Crippen molar-refractivity contribution in [1.82, 2.24) is 4.98 Å². The maximum atomic E-state index is 11.7. The Morgan fingerprint density at radius 1 is 1.25 bits per heavy atom. The molecular formula is C14H23NO4Si. The van der Waals surface area contributed by atoms with Gasteiger partial charge in [-0.3, -0.25) is 9.78 Å². The van der Waals surface area contributed by atoms with E-state index >= 15 is 0 Å². The molecule has 1 aromatic rings. The monoisotopic (exact) mass is 297 g/mol. The number of pyridine rings is 1. The van der Waals surface area contributed by atoms with E-state index in [9.17, 15) is 4.79 Å². The smallest absolute Gasteiger partial charge is 0.338 e. The Morgan fingerprint density at radius 3 is 2.50 bits per heavy atom. The van der Waals surface area contributed by atoms with Crippen molar-refractivity contribution >= 4 is 14.5 Å². The number of nitrogens with zero attached hydrogens (tertiary/aromatic N) is 1. The van der Waals surface area contributed by atoms with Gasteiger partial charge in [-0.1, -0.05) is 6.07 Å². The minimum absolute atomic E-state index is 0.197. The van der Waals surface area contributed by atoms with Crippen molar-refractivity contribution in [1.29, 1.82) is 0 Å². The third-order valence-electron chi connectivity index (χ3n) is 2.77. The van der Waals surface area contributed by atoms with Crippen LogP contribution in [0.2, 0.25) is 12.6 Å². The van der Waals surface area contributed by atoms with Crippen LogP contribution < -0.4 is 0 Å². The van der Waals surface area contributed by atoms with Gasteiger partial charge in [-0.15, -0.1) is 0 Å². The molecule has 5 nitrogen and oxygen atoms in total. The van der Waals surface area contributed by atoms with E-state index in [0.717, 1.165) is 0 Å². The largest absolute Gasteiger partial charge is 0.466 e. The van der Waals surface area contributed by atoms with Gasteiger partial charge in [0.2, 0.25) is 0 Å². The highest BCUT2D eigenvalue weighted by Gasteiger charge is 2.30. The van der Waals surface area contributed by atoms with Crippen molar-refractivity contribution in [2.24, 2.45) is 0 Å². The number of carbonyl (C=O) groups is 1. The van der Waals surface area contributed by atoms with Gasteiger partial charge in [-0.2, -0.15) is 0 Å². The van der Waals surface area contributed by atoms with Gasteiger partial charge in [0.25, 0.3) is 0 Å². The molecule has 0 aromatic carbocycles. The number of ether oxygens (including phenoxy) is 1. The molecule has 0 N–H and O–H groups in total. The molecule has 0 unspecified atom stereocenters. The van der Waals surface area contributed by atoms with Crippen LogP contribution in [0.5, 0.6) is 0 Å². The number of esters is 1. The molecule has 0 fully saturated rings. The molecule has 0 amide bonds. The van der Waals surface area contributed by atoms with Crippen LogP contribution in [0, 0.1) is 0 Å². The van der Waals surface area contributed by atoms with Crippen molar-refractivity contribution in [3.8, 4) is 0 Å². The van der Waals surface area contributed by atoms with E-state index in [0.29, 0.717) is 31.6 Å². The SMILES string of the molecule is CCO[Si](C)(CCOC(=O)Cc1ccccn1)OCC. The quantitative estimate of drug-likeness (QED) is 0.517. The summed E-state index contributed by atoms with van der Waals surface area (Å²) in [5, 5.41) is 0. The van der Waals surface area contributed by atoms with E-state index < -0.39 is 8.56 Å². The van der Waals surface area contributed by atoms with Crippen molar-refractivity contribution in [3.63, 3.8) is 0 Å². The van der Waals surface area contributed by atoms with Gasteiger partial charge >= 0.3 is 14.5 Å². The number of hydrogen-bond donors (Lipinski definition) is 0. The molecule has 0 aliphatic carbocycles. The summed E-state index contributed by atoms with van der Waals surface area (Å²) in [5.41, 5.74) is 0.715. The number of rotatable bonds is 9. The van der Waals surface area contributed by atoms with E-state index in [1.807, 2.05) is 32.5 Å². The topological polar surface area (TPSA) is 57.7 Å². The van der Waals surface area contributed by atoms with Crippen molar-refractivity contribution < 1.29 is 18.4 Å². The van der Waals surface area contributed by atoms with Gasteiger partial charge < -0.3 is 13.6 Å². The maximum absolute atomic E-state index is 11.7. The summed E-state index contributed by atoms with van der Waals surface area (Å²) in [5.74, 6) is -0.270. The summed E-state index contributed by atoms with van der Waals surface area (Å²) in [6.07, 6.45) is 1.86. The Bertz CT molecular complexity index is 393. The molecule has 6 heteroatoms. The lowest BCUT2D eigenvalue weighted by Crippen LogP contribution is -2.40. The molecule has 0 aliphatic heterocycles. The number of hydrogen-bond acceptors (Lipinski definition) is 5. The number of aromatic nitrogens is 1. The van der Waals surface area contributed by atoms with Gasteiger partial charge in [-0.05, 0) is 32.5 Å². The first-order valence-electron chi connectivity index (χ1n) is 6.93. The Labute approximate surface area is 121 Å². The molecule has 0 spiro atoms. The van der Waals surface area contributed by atoms with Crippen LogP contribution in [0.25, 0.3) is 0 Å². The third kappa shape index (κ3) is 6.27. The van der Waals surface area contributed by atoms with E-state index in [1.54, 1.807) is 12.3 Å². The zero-order valence-electron chi connectivity index (χ0n) is 12.4. The van der Waals surface area contributed by atoms with E-state index in [-0.39, 0.29) is 12.4 Å². The van der Waals surface area contributed by atoms with Crippen LogP contribution in [0.15, 0.2) is 24.4 Å². The second-order valence-electron chi connectivity index (χ2n) is 4.47. The molecule has 0 bridgehead atoms. The Kier molecular flexibility index (Phi) is 7.43. The van der Waals surface area contributed by atoms with Gasteiger partial charge in [0.15, 0.2) is 0 Å². The van der Waals surface area contributed by atoms with Gasteiger partial charge in [0, 0.05) is 25.5 Å². The van der Waals surface area contributed by atoms with Crippen molar-refractivity contribution in [2.75, 3.05) is 19.8 Å². The summed E-state index contributed by atoms with van der Waals surface area (Å²) in [4.78, 5) is 15.8. The van der Waals surface area contributed by atoms with E-state index in [1.165, 1.54) is 0 Å². The minimum Gasteiger partial charge on any atom is -0.466 e. The summed E-state index contributed by atoms with van der Waals surface area (Å²) in [6, 6.07) is 6.11. The van der Waals surface area contributed by atoms with E-state index in [2.05, 4.69) is 4.98 Å². The number of carbonyl (C=O) groups excluding carboxylic acids is 1. The zero-order valence-corrected chi connectivity index (χ0v) is 13.4. The Hall–Kier alpha value is -1.24. The van der Waals surface area contributed by atoms with Crippen molar-refractivity contribution in [3.05, 3.63) is 30.1 Å². The molecule has 0 radical (unpaired) electrons. The normalized spacial score (nSPS) is 11.3. The molecule has 0 atom stereocenters. The first-order valence-corrected chi connectivity index (χ1v) is 9.45. The molecule has 0 aliphatic rings. The average Bonchev–Trinajstić information content (AvgIpc) is 2.40. The predicted octanol–water partition coefficient (Wildman–Crippen LogP) is 2.31. The lowest BCUT2D eigenvalue weighted by molar-refractivity contribution is -0.142. The molecule has 1 aromatic heterocycles. The summed E-state index contributed by atoms with van der Waals surface area (Å²) < 4.78 is 16.6. The highest BCUT2D eigenvalue weighted by atomic mass is 28.4. The van der Waals surface area contributed by atoms with Crippen LogP contribution >= 0.6 is 0 Å². The van der Waals surface area contributed by atoms with Gasteiger partial charge in [0.05, 0.1) is 18.7 Å². The summed E-state index contributed by atoms with van der Waals surface area (Å²) in [7, 11) is -2.20. The fourth-order valence-electron chi connectivity index (χ4n) is 1.85. The second-order valence-corrected chi connectivity index (χ2v) is 7.81. The van der Waals surface area contributed by atoms with Crippen LogP contribution in [-0.2, 0) is 24.8 Å². The molecular weight excluding hydrogens is 274 g/mol.